The number of aryl methyl sites for hydroxylation is 1. The number of esters is 1. The molecule has 0 amide bonds. The van der Waals surface area contributed by atoms with Gasteiger partial charge in [-0.25, -0.2) is 9.78 Å². The Balaban J connectivity index is 1.51. The van der Waals surface area contributed by atoms with Gasteiger partial charge in [0.05, 0.1) is 11.3 Å². The molecule has 0 N–H and O–H groups in total. The van der Waals surface area contributed by atoms with Gasteiger partial charge in [0, 0.05) is 23.0 Å². The maximum Gasteiger partial charge on any atom is 0.341 e. The highest BCUT2D eigenvalue weighted by atomic mass is 35.5. The van der Waals surface area contributed by atoms with Crippen molar-refractivity contribution in [1.82, 2.24) is 10.1 Å². The van der Waals surface area contributed by atoms with Crippen molar-refractivity contribution in [2.75, 3.05) is 13.2 Å². The van der Waals surface area contributed by atoms with Gasteiger partial charge in [0.2, 0.25) is 0 Å². The van der Waals surface area contributed by atoms with Crippen molar-refractivity contribution in [1.29, 1.82) is 0 Å². The van der Waals surface area contributed by atoms with Crippen molar-refractivity contribution in [3.63, 3.8) is 0 Å². The number of nitrogens with zero attached hydrogens (tertiary/aromatic N) is 2. The number of pyridine rings is 1. The fourth-order valence-corrected chi connectivity index (χ4v) is 3.26. The first-order chi connectivity index (χ1) is 13.1. The Morgan fingerprint density at radius 1 is 1.22 bits per heavy atom. The van der Waals surface area contributed by atoms with Gasteiger partial charge in [-0.15, -0.1) is 0 Å². The monoisotopic (exact) mass is 404 g/mol. The van der Waals surface area contributed by atoms with Gasteiger partial charge in [0.15, 0.2) is 0 Å². The van der Waals surface area contributed by atoms with Crippen LogP contribution in [0.5, 0.6) is 5.75 Å². The van der Waals surface area contributed by atoms with Crippen molar-refractivity contribution in [2.24, 2.45) is 0 Å². The Morgan fingerprint density at radius 3 is 2.89 bits per heavy atom. The van der Waals surface area contributed by atoms with E-state index in [0.717, 1.165) is 11.5 Å². The van der Waals surface area contributed by atoms with Gasteiger partial charge in [-0.3, -0.25) is 0 Å². The first-order valence-electron chi connectivity index (χ1n) is 8.17. The third-order valence-electron chi connectivity index (χ3n) is 3.41. The highest BCUT2D eigenvalue weighted by Crippen LogP contribution is 2.24. The van der Waals surface area contributed by atoms with Gasteiger partial charge < -0.3 is 14.0 Å². The van der Waals surface area contributed by atoms with Crippen LogP contribution in [0.4, 0.5) is 0 Å². The molecule has 2 heterocycles. The zero-order valence-electron chi connectivity index (χ0n) is 14.6. The molecule has 0 aliphatic heterocycles. The molecule has 0 atom stereocenters. The number of carbonyl (C=O) groups excluding carboxylic acids is 1. The molecule has 6 nitrogen and oxygen atoms in total. The average Bonchev–Trinajstić information content (AvgIpc) is 3.09. The molecule has 0 fully saturated rings. The first-order valence-corrected chi connectivity index (χ1v) is 9.53. The van der Waals surface area contributed by atoms with Gasteiger partial charge in [-0.05, 0) is 37.3 Å². The number of rotatable bonds is 8. The molecule has 27 heavy (non-hydrogen) atoms. The van der Waals surface area contributed by atoms with Gasteiger partial charge in [-0.1, -0.05) is 34.6 Å². The van der Waals surface area contributed by atoms with E-state index in [4.69, 9.17) is 25.6 Å². The minimum atomic E-state index is -0.448. The summed E-state index contributed by atoms with van der Waals surface area (Å²) >= 11 is 7.30. The molecule has 2 aromatic heterocycles. The minimum Gasteiger partial charge on any atom is -0.490 e. The molecule has 0 aliphatic carbocycles. The van der Waals surface area contributed by atoms with E-state index in [0.29, 0.717) is 27.1 Å². The van der Waals surface area contributed by atoms with Crippen LogP contribution >= 0.6 is 23.4 Å². The molecule has 0 bridgehead atoms. The van der Waals surface area contributed by atoms with Crippen molar-refractivity contribution in [3.8, 4) is 5.75 Å². The average molecular weight is 405 g/mol. The fraction of sp³-hybridized carbons (Fsp3) is 0.211. The van der Waals surface area contributed by atoms with E-state index in [1.165, 1.54) is 11.8 Å². The predicted octanol–water partition coefficient (Wildman–Crippen LogP) is 4.56. The summed E-state index contributed by atoms with van der Waals surface area (Å²) in [5.74, 6) is 1.47. The van der Waals surface area contributed by atoms with Gasteiger partial charge in [0.25, 0.3) is 0 Å². The van der Waals surface area contributed by atoms with E-state index in [1.807, 2.05) is 13.0 Å². The van der Waals surface area contributed by atoms with E-state index in [2.05, 4.69) is 10.1 Å². The van der Waals surface area contributed by atoms with Crippen LogP contribution in [0.3, 0.4) is 0 Å². The van der Waals surface area contributed by atoms with Crippen LogP contribution in [0.2, 0.25) is 5.02 Å². The lowest BCUT2D eigenvalue weighted by Crippen LogP contribution is -2.13. The standard InChI is InChI=1S/C19H17ClN2O4S/c1-13-10-15(22-26-13)12-27-18-17(6-3-7-21-18)19(23)25-9-8-24-16-5-2-4-14(20)11-16/h2-7,10-11H,8-9,12H2,1H3. The van der Waals surface area contributed by atoms with Crippen molar-refractivity contribution in [2.45, 2.75) is 17.7 Å². The summed E-state index contributed by atoms with van der Waals surface area (Å²) in [5.41, 5.74) is 1.20. The number of thioether (sulfide) groups is 1. The quantitative estimate of drug-likeness (QED) is 0.309. The number of hydrogen-bond acceptors (Lipinski definition) is 7. The van der Waals surface area contributed by atoms with Crippen molar-refractivity contribution in [3.05, 3.63) is 70.7 Å². The van der Waals surface area contributed by atoms with Gasteiger partial charge in [-0.2, -0.15) is 0 Å². The van der Waals surface area contributed by atoms with E-state index in [-0.39, 0.29) is 13.2 Å². The van der Waals surface area contributed by atoms with Crippen LogP contribution in [0, 0.1) is 6.92 Å². The van der Waals surface area contributed by atoms with Crippen molar-refractivity contribution < 1.29 is 18.8 Å². The maximum absolute atomic E-state index is 12.4. The first kappa shape index (κ1) is 19.3. The predicted molar refractivity (Wildman–Crippen MR) is 102 cm³/mol. The van der Waals surface area contributed by atoms with Gasteiger partial charge >= 0.3 is 5.97 Å². The van der Waals surface area contributed by atoms with Crippen LogP contribution in [-0.2, 0) is 10.5 Å². The number of hydrogen-bond donors (Lipinski definition) is 0. The molecule has 0 aliphatic rings. The zero-order valence-corrected chi connectivity index (χ0v) is 16.1. The minimum absolute atomic E-state index is 0.118. The SMILES string of the molecule is Cc1cc(CSc2ncccc2C(=O)OCCOc2cccc(Cl)c2)no1. The maximum atomic E-state index is 12.4. The lowest BCUT2D eigenvalue weighted by Gasteiger charge is -2.09. The molecule has 3 rings (SSSR count). The number of halogens is 1. The van der Waals surface area contributed by atoms with E-state index in [1.54, 1.807) is 42.6 Å². The van der Waals surface area contributed by atoms with Crippen LogP contribution in [0.25, 0.3) is 0 Å². The van der Waals surface area contributed by atoms with E-state index < -0.39 is 5.97 Å². The third kappa shape index (κ3) is 5.74. The van der Waals surface area contributed by atoms with E-state index in [9.17, 15) is 4.79 Å². The smallest absolute Gasteiger partial charge is 0.341 e. The van der Waals surface area contributed by atoms with Crippen LogP contribution in [0.15, 0.2) is 58.2 Å². The summed E-state index contributed by atoms with van der Waals surface area (Å²) in [7, 11) is 0. The molecule has 0 saturated carbocycles. The normalized spacial score (nSPS) is 10.6. The Kier molecular flexibility index (Phi) is 6.73. The molecule has 140 valence electrons. The summed E-state index contributed by atoms with van der Waals surface area (Å²) in [6.07, 6.45) is 1.63. The molecular formula is C19H17ClN2O4S. The van der Waals surface area contributed by atoms with Crippen molar-refractivity contribution >= 4 is 29.3 Å². The molecule has 0 spiro atoms. The van der Waals surface area contributed by atoms with Crippen LogP contribution in [-0.4, -0.2) is 29.3 Å². The fourth-order valence-electron chi connectivity index (χ4n) is 2.22. The largest absolute Gasteiger partial charge is 0.490 e. The molecular weight excluding hydrogens is 388 g/mol. The number of benzene rings is 1. The Bertz CT molecular complexity index is 916. The summed E-state index contributed by atoms with van der Waals surface area (Å²) in [6, 6.07) is 12.3. The van der Waals surface area contributed by atoms with Gasteiger partial charge in [0.1, 0.15) is 29.7 Å². The molecule has 0 unspecified atom stereocenters. The number of ether oxygens (including phenoxy) is 2. The van der Waals surface area contributed by atoms with Crippen LogP contribution < -0.4 is 4.74 Å². The lowest BCUT2D eigenvalue weighted by molar-refractivity contribution is 0.0445. The lowest BCUT2D eigenvalue weighted by atomic mass is 10.3. The Morgan fingerprint density at radius 2 is 2.11 bits per heavy atom. The second-order valence-corrected chi connectivity index (χ2v) is 6.92. The highest BCUT2D eigenvalue weighted by molar-refractivity contribution is 7.98. The highest BCUT2D eigenvalue weighted by Gasteiger charge is 2.15. The molecule has 0 radical (unpaired) electrons. The molecule has 3 aromatic rings. The van der Waals surface area contributed by atoms with Crippen LogP contribution in [0.1, 0.15) is 21.8 Å². The number of carbonyl (C=O) groups is 1. The summed E-state index contributed by atoms with van der Waals surface area (Å²) in [5, 5.41) is 5.10. The zero-order chi connectivity index (χ0) is 19.1. The summed E-state index contributed by atoms with van der Waals surface area (Å²) in [6.45, 7) is 2.18. The Labute approximate surface area is 165 Å². The summed E-state index contributed by atoms with van der Waals surface area (Å²) in [4.78, 5) is 16.6. The van der Waals surface area contributed by atoms with E-state index >= 15 is 0 Å². The second kappa shape index (κ2) is 9.43. The second-order valence-electron chi connectivity index (χ2n) is 5.52. The Hall–Kier alpha value is -2.51. The molecule has 0 saturated heterocycles. The molecule has 1 aromatic carbocycles. The third-order valence-corrected chi connectivity index (χ3v) is 4.68. The topological polar surface area (TPSA) is 74.5 Å². The number of aromatic nitrogens is 2. The summed E-state index contributed by atoms with van der Waals surface area (Å²) < 4.78 is 15.8. The molecule has 8 heteroatoms.